The molecule has 6 nitrogen and oxygen atoms in total. The van der Waals surface area contributed by atoms with E-state index in [4.69, 9.17) is 0 Å². The van der Waals surface area contributed by atoms with Crippen LogP contribution in [0.1, 0.15) is 18.4 Å². The van der Waals surface area contributed by atoms with E-state index in [1.54, 1.807) is 0 Å². The van der Waals surface area contributed by atoms with Crippen LogP contribution in [0, 0.1) is 0 Å². The molecule has 1 saturated carbocycles. The molecule has 1 fully saturated rings. The van der Waals surface area contributed by atoms with Crippen LogP contribution in [0.15, 0.2) is 30.6 Å². The maximum Gasteiger partial charge on any atom is 0.573 e. The first-order valence-corrected chi connectivity index (χ1v) is 8.49. The predicted molar refractivity (Wildman–Crippen MR) is 77.6 cm³/mol. The first-order valence-electron chi connectivity index (χ1n) is 6.99. The Kier molecular flexibility index (Phi) is 4.04. The number of aliphatic hydroxyl groups is 1. The minimum atomic E-state index is -4.87. The van der Waals surface area contributed by atoms with Crippen molar-refractivity contribution < 1.29 is 31.4 Å². The third-order valence-corrected chi connectivity index (χ3v) is 5.52. The van der Waals surface area contributed by atoms with Gasteiger partial charge in [0.15, 0.2) is 0 Å². The average molecular weight is 362 g/mol. The summed E-state index contributed by atoms with van der Waals surface area (Å²) in [7, 11) is -3.56. The van der Waals surface area contributed by atoms with Gasteiger partial charge in [0.05, 0.1) is 24.3 Å². The van der Waals surface area contributed by atoms with Gasteiger partial charge < -0.3 is 9.84 Å². The van der Waals surface area contributed by atoms with Crippen LogP contribution < -0.4 is 4.74 Å². The van der Waals surface area contributed by atoms with Gasteiger partial charge in [-0.3, -0.25) is 0 Å². The molecule has 10 heteroatoms. The van der Waals surface area contributed by atoms with E-state index in [1.165, 1.54) is 18.5 Å². The Bertz CT molecular complexity index is 857. The number of benzene rings is 1. The highest BCUT2D eigenvalue weighted by Gasteiger charge is 2.37. The lowest BCUT2D eigenvalue weighted by atomic mass is 10.1. The Hall–Kier alpha value is -2.07. The van der Waals surface area contributed by atoms with E-state index < -0.39 is 34.0 Å². The molecule has 0 unspecified atom stereocenters. The number of halogens is 3. The van der Waals surface area contributed by atoms with Crippen molar-refractivity contribution in [2.45, 2.75) is 31.1 Å². The van der Waals surface area contributed by atoms with Gasteiger partial charge in [-0.2, -0.15) is 9.19 Å². The summed E-state index contributed by atoms with van der Waals surface area (Å²) in [5.74, 6) is -0.498. The van der Waals surface area contributed by atoms with Gasteiger partial charge in [0.25, 0.3) is 10.0 Å². The van der Waals surface area contributed by atoms with Gasteiger partial charge in [-0.15, -0.1) is 13.2 Å². The Balaban J connectivity index is 1.97. The summed E-state index contributed by atoms with van der Waals surface area (Å²) >= 11 is 0. The molecule has 0 amide bonds. The molecule has 0 bridgehead atoms. The summed E-state index contributed by atoms with van der Waals surface area (Å²) in [6, 6.07) is 3.61. The normalized spacial score (nSPS) is 15.5. The van der Waals surface area contributed by atoms with Gasteiger partial charge in [-0.1, -0.05) is 0 Å². The minimum absolute atomic E-state index is 0.199. The summed E-state index contributed by atoms with van der Waals surface area (Å²) in [4.78, 5) is 0. The summed E-state index contributed by atoms with van der Waals surface area (Å²) in [5, 5.41) is 12.5. The number of alkyl halides is 3. The van der Waals surface area contributed by atoms with Gasteiger partial charge in [0.2, 0.25) is 0 Å². The highest BCUT2D eigenvalue weighted by Crippen LogP contribution is 2.32. The monoisotopic (exact) mass is 362 g/mol. The lowest BCUT2D eigenvalue weighted by Crippen LogP contribution is -2.17. The second-order valence-electron chi connectivity index (χ2n) is 5.42. The first kappa shape index (κ1) is 16.8. The van der Waals surface area contributed by atoms with Crippen LogP contribution in [0.2, 0.25) is 0 Å². The molecule has 0 aliphatic heterocycles. The molecule has 1 aromatic heterocycles. The molecule has 0 radical (unpaired) electrons. The number of aliphatic hydroxyl groups excluding tert-OH is 1. The molecule has 0 saturated heterocycles. The van der Waals surface area contributed by atoms with E-state index in [9.17, 15) is 26.7 Å². The Morgan fingerprint density at radius 1 is 1.25 bits per heavy atom. The molecular weight excluding hydrogens is 349 g/mol. The number of aromatic nitrogens is 2. The fourth-order valence-corrected chi connectivity index (χ4v) is 3.70. The van der Waals surface area contributed by atoms with Gasteiger partial charge in [0.1, 0.15) is 5.75 Å². The third kappa shape index (κ3) is 3.54. The fourth-order valence-electron chi connectivity index (χ4n) is 2.22. The molecule has 1 heterocycles. The minimum Gasteiger partial charge on any atom is -0.406 e. The van der Waals surface area contributed by atoms with Crippen LogP contribution in [0.5, 0.6) is 5.75 Å². The number of rotatable bonds is 5. The molecule has 1 N–H and O–H groups in total. The number of hydrogen-bond acceptors (Lipinski definition) is 5. The molecular formula is C14H13F3N2O4S. The molecule has 1 aromatic carbocycles. The summed E-state index contributed by atoms with van der Waals surface area (Å²) < 4.78 is 66.1. The number of nitrogens with zero attached hydrogens (tertiary/aromatic N) is 2. The van der Waals surface area contributed by atoms with Crippen molar-refractivity contribution >= 4 is 10.0 Å². The molecule has 1 aliphatic rings. The van der Waals surface area contributed by atoms with Crippen LogP contribution >= 0.6 is 0 Å². The molecule has 0 atom stereocenters. The quantitative estimate of drug-likeness (QED) is 0.883. The second kappa shape index (κ2) is 5.78. The van der Waals surface area contributed by atoms with Crippen LogP contribution in [0.3, 0.4) is 0 Å². The summed E-state index contributed by atoms with van der Waals surface area (Å²) in [5.41, 5.74) is 0.768. The molecule has 130 valence electrons. The molecule has 3 rings (SSSR count). The van der Waals surface area contributed by atoms with E-state index in [0.717, 1.165) is 16.2 Å². The maximum atomic E-state index is 12.4. The fraction of sp³-hybridized carbons (Fsp3) is 0.357. The van der Waals surface area contributed by atoms with Gasteiger partial charge in [-0.25, -0.2) is 8.42 Å². The van der Waals surface area contributed by atoms with Gasteiger partial charge >= 0.3 is 6.36 Å². The van der Waals surface area contributed by atoms with Crippen LogP contribution in [0.25, 0.3) is 11.1 Å². The molecule has 1 aliphatic carbocycles. The second-order valence-corrected chi connectivity index (χ2v) is 7.49. The zero-order valence-corrected chi connectivity index (χ0v) is 13.0. The topological polar surface area (TPSA) is 81.4 Å². The van der Waals surface area contributed by atoms with Crippen molar-refractivity contribution in [3.63, 3.8) is 0 Å². The Labute approximate surface area is 135 Å². The highest BCUT2D eigenvalue weighted by atomic mass is 32.2. The number of ether oxygens (including phenoxy) is 1. The summed E-state index contributed by atoms with van der Waals surface area (Å²) in [6.07, 6.45) is -1.25. The van der Waals surface area contributed by atoms with Crippen LogP contribution in [-0.4, -0.2) is 34.3 Å². The first-order chi connectivity index (χ1) is 11.2. The zero-order chi connectivity index (χ0) is 17.5. The van der Waals surface area contributed by atoms with E-state index in [2.05, 4.69) is 9.84 Å². The standard InChI is InChI=1S/C14H13F3N2O4S/c15-14(16,17)23-12-4-9(8-20)3-10(5-12)11-6-18-19(7-11)24(21,22)13-1-2-13/h3-7,13,20H,1-2,8H2. The van der Waals surface area contributed by atoms with Crippen molar-refractivity contribution in [2.75, 3.05) is 0 Å². The Morgan fingerprint density at radius 2 is 1.96 bits per heavy atom. The lowest BCUT2D eigenvalue weighted by Gasteiger charge is -2.11. The van der Waals surface area contributed by atoms with Crippen molar-refractivity contribution in [1.82, 2.24) is 9.19 Å². The largest absolute Gasteiger partial charge is 0.573 e. The van der Waals surface area contributed by atoms with Gasteiger partial charge in [0, 0.05) is 5.56 Å². The summed E-state index contributed by atoms with van der Waals surface area (Å²) in [6.45, 7) is -0.490. The Morgan fingerprint density at radius 3 is 2.54 bits per heavy atom. The molecule has 2 aromatic rings. The van der Waals surface area contributed by atoms with Crippen LogP contribution in [-0.2, 0) is 16.6 Å². The zero-order valence-electron chi connectivity index (χ0n) is 12.2. The van der Waals surface area contributed by atoms with Crippen molar-refractivity contribution in [3.05, 3.63) is 36.2 Å². The number of hydrogen-bond donors (Lipinski definition) is 1. The highest BCUT2D eigenvalue weighted by molar-refractivity contribution is 7.90. The van der Waals surface area contributed by atoms with Gasteiger partial charge in [-0.05, 0) is 42.2 Å². The van der Waals surface area contributed by atoms with E-state index in [0.29, 0.717) is 18.4 Å². The smallest absolute Gasteiger partial charge is 0.406 e. The SMILES string of the molecule is O=S(=O)(C1CC1)n1cc(-c2cc(CO)cc(OC(F)(F)F)c2)cn1. The van der Waals surface area contributed by atoms with Crippen LogP contribution in [0.4, 0.5) is 13.2 Å². The predicted octanol–water partition coefficient (Wildman–Crippen LogP) is 2.28. The van der Waals surface area contributed by atoms with E-state index in [-0.39, 0.29) is 11.1 Å². The van der Waals surface area contributed by atoms with E-state index >= 15 is 0 Å². The third-order valence-electron chi connectivity index (χ3n) is 3.48. The van der Waals surface area contributed by atoms with Crippen molar-refractivity contribution in [3.8, 4) is 16.9 Å². The molecule has 0 spiro atoms. The maximum absolute atomic E-state index is 12.4. The van der Waals surface area contributed by atoms with E-state index in [1.807, 2.05) is 0 Å². The lowest BCUT2D eigenvalue weighted by molar-refractivity contribution is -0.274. The average Bonchev–Trinajstić information content (AvgIpc) is 3.22. The van der Waals surface area contributed by atoms with Crippen molar-refractivity contribution in [1.29, 1.82) is 0 Å². The van der Waals surface area contributed by atoms with Crippen molar-refractivity contribution in [2.24, 2.45) is 0 Å². The molecule has 24 heavy (non-hydrogen) atoms.